The summed E-state index contributed by atoms with van der Waals surface area (Å²) in [5.74, 6) is 1.32. The Balaban J connectivity index is 2.04. The lowest BCUT2D eigenvalue weighted by atomic mass is 10.1. The van der Waals surface area contributed by atoms with Crippen LogP contribution < -0.4 is 4.90 Å². The van der Waals surface area contributed by atoms with E-state index in [0.29, 0.717) is 10.8 Å². The first kappa shape index (κ1) is 14.9. The van der Waals surface area contributed by atoms with Gasteiger partial charge in [0, 0.05) is 5.02 Å². The van der Waals surface area contributed by atoms with Gasteiger partial charge in [0.1, 0.15) is 11.6 Å². The van der Waals surface area contributed by atoms with E-state index in [1.54, 1.807) is 4.90 Å². The molecule has 0 saturated carbocycles. The molecule has 0 saturated heterocycles. The lowest BCUT2D eigenvalue weighted by Crippen LogP contribution is -2.27. The molecule has 1 aliphatic rings. The van der Waals surface area contributed by atoms with E-state index in [2.05, 4.69) is 10.2 Å². The molecule has 2 heterocycles. The van der Waals surface area contributed by atoms with Crippen molar-refractivity contribution >= 4 is 28.9 Å². The Hall–Kier alpha value is -2.66. The van der Waals surface area contributed by atoms with Crippen LogP contribution in [-0.4, -0.2) is 20.7 Å². The van der Waals surface area contributed by atoms with Gasteiger partial charge in [-0.25, -0.2) is 0 Å². The second-order valence-corrected chi connectivity index (χ2v) is 6.26. The third kappa shape index (κ3) is 2.20. The van der Waals surface area contributed by atoms with Gasteiger partial charge in [-0.15, -0.1) is 10.2 Å². The SMILES string of the molecule is Cc1ccccc1N1C(=O)Cc2nnc(C)n2-c2ccc(Cl)cc21. The number of hydrogen-bond donors (Lipinski definition) is 0. The van der Waals surface area contributed by atoms with Crippen LogP contribution in [0.1, 0.15) is 17.2 Å². The highest BCUT2D eigenvalue weighted by atomic mass is 35.5. The van der Waals surface area contributed by atoms with Crippen molar-refractivity contribution in [3.8, 4) is 5.69 Å². The molecule has 0 spiro atoms. The van der Waals surface area contributed by atoms with E-state index in [0.717, 1.165) is 28.5 Å². The van der Waals surface area contributed by atoms with Crippen LogP contribution in [0.15, 0.2) is 42.5 Å². The Morgan fingerprint density at radius 2 is 1.79 bits per heavy atom. The van der Waals surface area contributed by atoms with Gasteiger partial charge in [0.2, 0.25) is 5.91 Å². The van der Waals surface area contributed by atoms with Crippen molar-refractivity contribution in [3.05, 3.63) is 64.7 Å². The number of halogens is 1. The molecule has 0 unspecified atom stereocenters. The van der Waals surface area contributed by atoms with E-state index in [4.69, 9.17) is 11.6 Å². The minimum absolute atomic E-state index is 0.0565. The Bertz CT molecular complexity index is 963. The van der Waals surface area contributed by atoms with Gasteiger partial charge >= 0.3 is 0 Å². The first-order valence-electron chi connectivity index (χ1n) is 7.65. The molecular formula is C18H15ClN4O. The largest absolute Gasteiger partial charge is 0.281 e. The van der Waals surface area contributed by atoms with Crippen LogP contribution >= 0.6 is 11.6 Å². The summed E-state index contributed by atoms with van der Waals surface area (Å²) in [6.45, 7) is 3.87. The van der Waals surface area contributed by atoms with Gasteiger partial charge in [-0.3, -0.25) is 14.3 Å². The summed E-state index contributed by atoms with van der Waals surface area (Å²) in [6.07, 6.45) is 0.182. The average Bonchev–Trinajstić information content (AvgIpc) is 2.85. The molecule has 120 valence electrons. The fourth-order valence-electron chi connectivity index (χ4n) is 3.13. The summed E-state index contributed by atoms with van der Waals surface area (Å²) in [7, 11) is 0. The van der Waals surface area contributed by atoms with Crippen molar-refractivity contribution in [3.63, 3.8) is 0 Å². The van der Waals surface area contributed by atoms with Gasteiger partial charge in [-0.2, -0.15) is 0 Å². The third-order valence-electron chi connectivity index (χ3n) is 4.23. The highest BCUT2D eigenvalue weighted by Gasteiger charge is 2.30. The zero-order valence-corrected chi connectivity index (χ0v) is 14.1. The van der Waals surface area contributed by atoms with Gasteiger partial charge in [0.25, 0.3) is 0 Å². The molecule has 6 heteroatoms. The zero-order valence-electron chi connectivity index (χ0n) is 13.3. The minimum atomic E-state index is -0.0565. The maximum Gasteiger partial charge on any atom is 0.239 e. The van der Waals surface area contributed by atoms with E-state index in [1.807, 2.05) is 60.9 Å². The lowest BCUT2D eigenvalue weighted by Gasteiger charge is -2.25. The van der Waals surface area contributed by atoms with Gasteiger partial charge in [0.15, 0.2) is 0 Å². The van der Waals surface area contributed by atoms with E-state index < -0.39 is 0 Å². The van der Waals surface area contributed by atoms with Crippen LogP contribution in [0.3, 0.4) is 0 Å². The summed E-state index contributed by atoms with van der Waals surface area (Å²) in [5.41, 5.74) is 3.46. The number of anilines is 2. The van der Waals surface area contributed by atoms with Crippen LogP contribution in [-0.2, 0) is 11.2 Å². The zero-order chi connectivity index (χ0) is 16.8. The summed E-state index contributed by atoms with van der Waals surface area (Å²) in [6, 6.07) is 13.3. The van der Waals surface area contributed by atoms with Crippen molar-refractivity contribution in [1.29, 1.82) is 0 Å². The third-order valence-corrected chi connectivity index (χ3v) is 4.46. The maximum atomic E-state index is 13.0. The standard InChI is InChI=1S/C18H15ClN4O/c1-11-5-3-4-6-14(11)23-16-9-13(19)7-8-15(16)22-12(2)20-21-17(22)10-18(23)24/h3-9H,10H2,1-2H3. The molecule has 24 heavy (non-hydrogen) atoms. The number of nitrogens with zero attached hydrogens (tertiary/aromatic N) is 4. The monoisotopic (exact) mass is 338 g/mol. The summed E-state index contributed by atoms with van der Waals surface area (Å²) < 4.78 is 1.92. The van der Waals surface area contributed by atoms with Crippen molar-refractivity contribution < 1.29 is 4.79 Å². The molecule has 0 fully saturated rings. The first-order chi connectivity index (χ1) is 11.6. The Morgan fingerprint density at radius 3 is 2.58 bits per heavy atom. The number of benzene rings is 2. The van der Waals surface area contributed by atoms with E-state index in [-0.39, 0.29) is 12.3 Å². The normalized spacial score (nSPS) is 13.5. The number of amides is 1. The van der Waals surface area contributed by atoms with Gasteiger partial charge in [-0.05, 0) is 43.7 Å². The summed E-state index contributed by atoms with van der Waals surface area (Å²) >= 11 is 6.23. The Labute approximate surface area is 144 Å². The van der Waals surface area contributed by atoms with Crippen molar-refractivity contribution in [2.75, 3.05) is 4.90 Å². The fraction of sp³-hybridized carbons (Fsp3) is 0.167. The first-order valence-corrected chi connectivity index (χ1v) is 8.03. The van der Waals surface area contributed by atoms with Crippen LogP contribution in [0.4, 0.5) is 11.4 Å². The van der Waals surface area contributed by atoms with Gasteiger partial charge < -0.3 is 0 Å². The number of aromatic nitrogens is 3. The van der Waals surface area contributed by atoms with Gasteiger partial charge in [0.05, 0.1) is 23.5 Å². The molecule has 3 aromatic rings. The molecule has 0 aliphatic carbocycles. The number of carbonyl (C=O) groups is 1. The second-order valence-electron chi connectivity index (χ2n) is 5.82. The highest BCUT2D eigenvalue weighted by molar-refractivity contribution is 6.31. The van der Waals surface area contributed by atoms with Crippen molar-refractivity contribution in [1.82, 2.24) is 14.8 Å². The van der Waals surface area contributed by atoms with Crippen molar-refractivity contribution in [2.45, 2.75) is 20.3 Å². The maximum absolute atomic E-state index is 13.0. The molecule has 1 amide bonds. The number of carbonyl (C=O) groups excluding carboxylic acids is 1. The van der Waals surface area contributed by atoms with Crippen LogP contribution in [0.5, 0.6) is 0 Å². The smallest absolute Gasteiger partial charge is 0.239 e. The number of fused-ring (bicyclic) bond motifs is 3. The van der Waals surface area contributed by atoms with Gasteiger partial charge in [-0.1, -0.05) is 29.8 Å². The number of hydrogen-bond acceptors (Lipinski definition) is 3. The molecule has 1 aliphatic heterocycles. The molecule has 5 nitrogen and oxygen atoms in total. The predicted molar refractivity (Wildman–Crippen MR) is 93.1 cm³/mol. The number of para-hydroxylation sites is 1. The minimum Gasteiger partial charge on any atom is -0.281 e. The van der Waals surface area contributed by atoms with E-state index in [9.17, 15) is 4.79 Å². The molecule has 4 rings (SSSR count). The van der Waals surface area contributed by atoms with E-state index in [1.165, 1.54) is 0 Å². The van der Waals surface area contributed by atoms with Crippen LogP contribution in [0.2, 0.25) is 5.02 Å². The molecule has 0 bridgehead atoms. The number of aryl methyl sites for hydroxylation is 2. The van der Waals surface area contributed by atoms with Crippen molar-refractivity contribution in [2.24, 2.45) is 0 Å². The Morgan fingerprint density at radius 1 is 1.00 bits per heavy atom. The average molecular weight is 339 g/mol. The number of rotatable bonds is 1. The molecule has 0 radical (unpaired) electrons. The van der Waals surface area contributed by atoms with Crippen LogP contribution in [0, 0.1) is 13.8 Å². The highest BCUT2D eigenvalue weighted by Crippen LogP contribution is 2.38. The van der Waals surface area contributed by atoms with Crippen LogP contribution in [0.25, 0.3) is 5.69 Å². The second kappa shape index (κ2) is 5.46. The predicted octanol–water partition coefficient (Wildman–Crippen LogP) is 3.76. The molecular weight excluding hydrogens is 324 g/mol. The molecule has 0 N–H and O–H groups in total. The van der Waals surface area contributed by atoms with E-state index >= 15 is 0 Å². The summed E-state index contributed by atoms with van der Waals surface area (Å²) in [4.78, 5) is 14.7. The molecule has 2 aromatic carbocycles. The lowest BCUT2D eigenvalue weighted by molar-refractivity contribution is -0.117. The topological polar surface area (TPSA) is 51.0 Å². The summed E-state index contributed by atoms with van der Waals surface area (Å²) in [5, 5.41) is 8.87. The molecule has 0 atom stereocenters. The molecule has 1 aromatic heterocycles. The quantitative estimate of drug-likeness (QED) is 0.679. The Kier molecular flexibility index (Phi) is 3.39. The fourth-order valence-corrected chi connectivity index (χ4v) is 3.29.